The predicted molar refractivity (Wildman–Crippen MR) is 79.8 cm³/mol. The summed E-state index contributed by atoms with van der Waals surface area (Å²) >= 11 is 0. The number of benzene rings is 1. The molecule has 0 saturated heterocycles. The van der Waals surface area contributed by atoms with Crippen LogP contribution in [0.2, 0.25) is 0 Å². The summed E-state index contributed by atoms with van der Waals surface area (Å²) in [6.45, 7) is 0. The lowest BCUT2D eigenvalue weighted by atomic mass is 10.1. The number of carbonyl (C=O) groups is 1. The second-order valence-electron chi connectivity index (χ2n) is 4.94. The predicted octanol–water partition coefficient (Wildman–Crippen LogP) is 2.28. The molecule has 0 saturated carbocycles. The number of hydrogen-bond donors (Lipinski definition) is 2. The number of anilines is 1. The normalized spacial score (nSPS) is 13.5. The Morgan fingerprint density at radius 2 is 2.00 bits per heavy atom. The Kier molecular flexibility index (Phi) is 3.87. The number of rotatable bonds is 3. The van der Waals surface area contributed by atoms with E-state index < -0.39 is 28.8 Å². The fourth-order valence-corrected chi connectivity index (χ4v) is 2.28. The Morgan fingerprint density at radius 1 is 1.24 bits per heavy atom. The molecule has 0 radical (unpaired) electrons. The SMILES string of the molecule is O=C(O)c1c(N2NC=CO2)ccn(-c2cccc(C(F)(F)F)c2)c1=O. The molecule has 25 heavy (non-hydrogen) atoms. The van der Waals surface area contributed by atoms with Gasteiger partial charge in [-0.25, -0.2) is 4.79 Å². The quantitative estimate of drug-likeness (QED) is 0.881. The Hall–Kier alpha value is -3.43. The van der Waals surface area contributed by atoms with E-state index in [1.165, 1.54) is 30.8 Å². The van der Waals surface area contributed by atoms with Gasteiger partial charge in [0, 0.05) is 11.9 Å². The van der Waals surface area contributed by atoms with Gasteiger partial charge in [0.05, 0.1) is 11.8 Å². The number of hydrogen-bond acceptors (Lipinski definition) is 5. The summed E-state index contributed by atoms with van der Waals surface area (Å²) in [4.78, 5) is 29.0. The Labute approximate surface area is 138 Å². The fourth-order valence-electron chi connectivity index (χ4n) is 2.28. The first-order chi connectivity index (χ1) is 11.8. The van der Waals surface area contributed by atoms with Crippen LogP contribution in [0.1, 0.15) is 15.9 Å². The highest BCUT2D eigenvalue weighted by Gasteiger charge is 2.31. The van der Waals surface area contributed by atoms with E-state index >= 15 is 0 Å². The summed E-state index contributed by atoms with van der Waals surface area (Å²) < 4.78 is 39.3. The molecule has 0 aliphatic carbocycles. The first-order valence-electron chi connectivity index (χ1n) is 6.84. The molecule has 0 spiro atoms. The van der Waals surface area contributed by atoms with Gasteiger partial charge in [-0.3, -0.25) is 14.8 Å². The first kappa shape index (κ1) is 16.4. The number of carboxylic acid groups (broad SMARTS) is 1. The Bertz CT molecular complexity index is 913. The highest BCUT2D eigenvalue weighted by molar-refractivity contribution is 5.93. The van der Waals surface area contributed by atoms with Crippen molar-refractivity contribution < 1.29 is 27.9 Å². The number of pyridine rings is 1. The first-order valence-corrected chi connectivity index (χ1v) is 6.84. The van der Waals surface area contributed by atoms with Gasteiger partial charge in [-0.05, 0) is 24.3 Å². The summed E-state index contributed by atoms with van der Waals surface area (Å²) in [5, 5.41) is 10.3. The maximum atomic E-state index is 12.8. The molecule has 0 amide bonds. The van der Waals surface area contributed by atoms with Crippen molar-refractivity contribution in [3.63, 3.8) is 0 Å². The van der Waals surface area contributed by atoms with Crippen LogP contribution in [0.3, 0.4) is 0 Å². The van der Waals surface area contributed by atoms with E-state index in [1.807, 2.05) is 0 Å². The standard InChI is InChI=1S/C15H10F3N3O4/c16-15(17,18)9-2-1-3-10(8-9)20-6-4-11(21-19-5-7-25-21)12(13(20)22)14(23)24/h1-8,19H,(H,23,24). The van der Waals surface area contributed by atoms with Crippen LogP contribution in [0.15, 0.2) is 53.8 Å². The van der Waals surface area contributed by atoms with Gasteiger partial charge in [-0.15, -0.1) is 5.17 Å². The highest BCUT2D eigenvalue weighted by atomic mass is 19.4. The van der Waals surface area contributed by atoms with E-state index in [4.69, 9.17) is 4.84 Å². The molecular weight excluding hydrogens is 343 g/mol. The van der Waals surface area contributed by atoms with Crippen molar-refractivity contribution in [1.82, 2.24) is 9.99 Å². The number of nitrogens with one attached hydrogen (secondary N) is 1. The van der Waals surface area contributed by atoms with Crippen LogP contribution in [0.25, 0.3) is 5.69 Å². The summed E-state index contributed by atoms with van der Waals surface area (Å²) in [5.41, 5.74) is -0.254. The molecule has 1 aromatic heterocycles. The molecule has 1 aliphatic rings. The lowest BCUT2D eigenvalue weighted by Gasteiger charge is -2.19. The van der Waals surface area contributed by atoms with E-state index in [9.17, 15) is 27.9 Å². The molecule has 1 aromatic carbocycles. The maximum absolute atomic E-state index is 12.8. The van der Waals surface area contributed by atoms with Gasteiger partial charge in [0.25, 0.3) is 5.56 Å². The molecule has 2 aromatic rings. The largest absolute Gasteiger partial charge is 0.477 e. The second-order valence-corrected chi connectivity index (χ2v) is 4.94. The molecule has 0 fully saturated rings. The van der Waals surface area contributed by atoms with Crippen molar-refractivity contribution in [3.8, 4) is 5.69 Å². The van der Waals surface area contributed by atoms with Gasteiger partial charge in [0.15, 0.2) is 5.56 Å². The van der Waals surface area contributed by atoms with Crippen molar-refractivity contribution in [3.05, 3.63) is 70.5 Å². The maximum Gasteiger partial charge on any atom is 0.416 e. The molecular formula is C15H10F3N3O4. The van der Waals surface area contributed by atoms with Gasteiger partial charge in [0.1, 0.15) is 11.9 Å². The molecule has 130 valence electrons. The number of aromatic carboxylic acids is 1. The van der Waals surface area contributed by atoms with Crippen molar-refractivity contribution >= 4 is 11.7 Å². The minimum Gasteiger partial charge on any atom is -0.477 e. The van der Waals surface area contributed by atoms with Crippen LogP contribution in [-0.2, 0) is 11.0 Å². The average Bonchev–Trinajstić information content (AvgIpc) is 3.07. The van der Waals surface area contributed by atoms with Crippen LogP contribution in [0.5, 0.6) is 0 Å². The third kappa shape index (κ3) is 3.01. The molecule has 0 atom stereocenters. The summed E-state index contributed by atoms with van der Waals surface area (Å²) in [7, 11) is 0. The zero-order chi connectivity index (χ0) is 18.2. The molecule has 2 heterocycles. The summed E-state index contributed by atoms with van der Waals surface area (Å²) in [6, 6.07) is 5.26. The minimum absolute atomic E-state index is 0.0919. The number of hydrazine groups is 1. The topological polar surface area (TPSA) is 83.8 Å². The van der Waals surface area contributed by atoms with Crippen LogP contribution in [0.4, 0.5) is 18.9 Å². The lowest BCUT2D eigenvalue weighted by Crippen LogP contribution is -2.34. The fraction of sp³-hybridized carbons (Fsp3) is 0.0667. The number of carboxylic acids is 1. The third-order valence-electron chi connectivity index (χ3n) is 3.38. The van der Waals surface area contributed by atoms with Gasteiger partial charge >= 0.3 is 12.1 Å². The van der Waals surface area contributed by atoms with Crippen molar-refractivity contribution in [2.24, 2.45) is 0 Å². The van der Waals surface area contributed by atoms with Gasteiger partial charge < -0.3 is 9.94 Å². The van der Waals surface area contributed by atoms with E-state index in [0.29, 0.717) is 0 Å². The van der Waals surface area contributed by atoms with Crippen molar-refractivity contribution in [2.45, 2.75) is 6.18 Å². The van der Waals surface area contributed by atoms with E-state index in [-0.39, 0.29) is 11.4 Å². The monoisotopic (exact) mass is 353 g/mol. The molecule has 7 nitrogen and oxygen atoms in total. The molecule has 10 heteroatoms. The van der Waals surface area contributed by atoms with Crippen LogP contribution >= 0.6 is 0 Å². The number of aromatic nitrogens is 1. The second kappa shape index (κ2) is 5.89. The van der Waals surface area contributed by atoms with Crippen LogP contribution in [-0.4, -0.2) is 15.6 Å². The van der Waals surface area contributed by atoms with Crippen molar-refractivity contribution in [1.29, 1.82) is 0 Å². The van der Waals surface area contributed by atoms with E-state index in [0.717, 1.165) is 27.9 Å². The average molecular weight is 353 g/mol. The third-order valence-corrected chi connectivity index (χ3v) is 3.38. The van der Waals surface area contributed by atoms with Crippen molar-refractivity contribution in [2.75, 3.05) is 5.17 Å². The zero-order valence-electron chi connectivity index (χ0n) is 12.3. The van der Waals surface area contributed by atoms with Gasteiger partial charge in [-0.2, -0.15) is 13.2 Å². The molecule has 3 rings (SSSR count). The van der Waals surface area contributed by atoms with Crippen LogP contribution in [0, 0.1) is 0 Å². The molecule has 2 N–H and O–H groups in total. The van der Waals surface area contributed by atoms with Gasteiger partial charge in [0.2, 0.25) is 0 Å². The lowest BCUT2D eigenvalue weighted by molar-refractivity contribution is -0.137. The van der Waals surface area contributed by atoms with E-state index in [1.54, 1.807) is 0 Å². The Morgan fingerprint density at radius 3 is 2.60 bits per heavy atom. The van der Waals surface area contributed by atoms with Crippen LogP contribution < -0.4 is 16.2 Å². The number of nitrogens with zero attached hydrogens (tertiary/aromatic N) is 2. The van der Waals surface area contributed by atoms with Gasteiger partial charge in [-0.1, -0.05) is 6.07 Å². The number of halogens is 3. The summed E-state index contributed by atoms with van der Waals surface area (Å²) in [6.07, 6.45) is -0.828. The van der Waals surface area contributed by atoms with E-state index in [2.05, 4.69) is 5.43 Å². The number of alkyl halides is 3. The zero-order valence-corrected chi connectivity index (χ0v) is 12.3. The smallest absolute Gasteiger partial charge is 0.416 e. The summed E-state index contributed by atoms with van der Waals surface area (Å²) in [5.74, 6) is -1.54. The molecule has 1 aliphatic heterocycles. The Balaban J connectivity index is 2.14. The highest BCUT2D eigenvalue weighted by Crippen LogP contribution is 2.30. The molecule has 0 unspecified atom stereocenters. The molecule has 0 bridgehead atoms. The minimum atomic E-state index is -4.59.